The molecule has 0 aliphatic carbocycles. The summed E-state index contributed by atoms with van der Waals surface area (Å²) in [7, 11) is 0. The van der Waals surface area contributed by atoms with E-state index in [0.717, 1.165) is 4.57 Å². The Balaban J connectivity index is 1.95. The Morgan fingerprint density at radius 2 is 2.04 bits per heavy atom. The lowest BCUT2D eigenvalue weighted by atomic mass is 9.97. The van der Waals surface area contributed by atoms with E-state index in [4.69, 9.17) is 5.73 Å². The number of piperidine rings is 1. The third-order valence-corrected chi connectivity index (χ3v) is 4.59. The lowest BCUT2D eigenvalue weighted by Crippen LogP contribution is -2.42. The molecule has 26 heavy (non-hydrogen) atoms. The van der Waals surface area contributed by atoms with E-state index in [1.165, 1.54) is 0 Å². The SMILES string of the molecule is NC(=O)Cn1c(CN2CCC[C@H](C(F)(F)F)C2)nc2ccccc2c1=O. The summed E-state index contributed by atoms with van der Waals surface area (Å²) >= 11 is 0. The van der Waals surface area contributed by atoms with Crippen molar-refractivity contribution < 1.29 is 18.0 Å². The molecule has 1 aromatic heterocycles. The minimum Gasteiger partial charge on any atom is -0.368 e. The number of benzene rings is 1. The number of carbonyl (C=O) groups is 1. The van der Waals surface area contributed by atoms with Gasteiger partial charge in [-0.25, -0.2) is 4.98 Å². The van der Waals surface area contributed by atoms with Crippen LogP contribution < -0.4 is 11.3 Å². The first-order valence-electron chi connectivity index (χ1n) is 8.31. The maximum Gasteiger partial charge on any atom is 0.393 e. The highest BCUT2D eigenvalue weighted by Gasteiger charge is 2.41. The number of nitrogens with zero attached hydrogens (tertiary/aromatic N) is 3. The minimum atomic E-state index is -4.25. The van der Waals surface area contributed by atoms with Crippen molar-refractivity contribution in [3.63, 3.8) is 0 Å². The maximum absolute atomic E-state index is 13.0. The second kappa shape index (κ2) is 7.06. The van der Waals surface area contributed by atoms with Crippen LogP contribution in [-0.2, 0) is 17.9 Å². The average molecular weight is 368 g/mol. The molecule has 2 aromatic rings. The van der Waals surface area contributed by atoms with Gasteiger partial charge in [-0.15, -0.1) is 0 Å². The van der Waals surface area contributed by atoms with E-state index in [-0.39, 0.29) is 31.9 Å². The quantitative estimate of drug-likeness (QED) is 0.890. The van der Waals surface area contributed by atoms with Gasteiger partial charge in [-0.1, -0.05) is 12.1 Å². The van der Waals surface area contributed by atoms with E-state index in [9.17, 15) is 22.8 Å². The maximum atomic E-state index is 13.0. The standard InChI is InChI=1S/C17H19F3N4O2/c18-17(19,20)11-4-3-7-23(8-11)10-15-22-13-6-2-1-5-12(13)16(26)24(15)9-14(21)25/h1-2,5-6,11H,3-4,7-10H2,(H2,21,25)/t11-/m0/s1. The van der Waals surface area contributed by atoms with E-state index >= 15 is 0 Å². The molecule has 1 fully saturated rings. The van der Waals surface area contributed by atoms with E-state index in [1.807, 2.05) is 0 Å². The first kappa shape index (κ1) is 18.4. The number of likely N-dealkylation sites (tertiary alicyclic amines) is 1. The van der Waals surface area contributed by atoms with E-state index in [0.29, 0.717) is 23.9 Å². The van der Waals surface area contributed by atoms with Crippen LogP contribution in [0.5, 0.6) is 0 Å². The number of primary amides is 1. The van der Waals surface area contributed by atoms with E-state index in [1.54, 1.807) is 29.2 Å². The first-order valence-corrected chi connectivity index (χ1v) is 8.31. The third kappa shape index (κ3) is 3.87. The van der Waals surface area contributed by atoms with Crippen molar-refractivity contribution in [2.75, 3.05) is 13.1 Å². The lowest BCUT2D eigenvalue weighted by molar-refractivity contribution is -0.187. The van der Waals surface area contributed by atoms with Crippen LogP contribution in [0.1, 0.15) is 18.7 Å². The third-order valence-electron chi connectivity index (χ3n) is 4.59. The summed E-state index contributed by atoms with van der Waals surface area (Å²) < 4.78 is 40.2. The summed E-state index contributed by atoms with van der Waals surface area (Å²) in [6.45, 7) is 0.0249. The van der Waals surface area contributed by atoms with Crippen molar-refractivity contribution in [2.24, 2.45) is 11.7 Å². The number of aromatic nitrogens is 2. The molecular formula is C17H19F3N4O2. The summed E-state index contributed by atoms with van der Waals surface area (Å²) in [4.78, 5) is 30.0. The molecule has 2 N–H and O–H groups in total. The Bertz CT molecular complexity index is 878. The average Bonchev–Trinajstić information content (AvgIpc) is 2.58. The van der Waals surface area contributed by atoms with Gasteiger partial charge in [-0.05, 0) is 31.5 Å². The fourth-order valence-electron chi connectivity index (χ4n) is 3.32. The molecule has 140 valence electrons. The van der Waals surface area contributed by atoms with Gasteiger partial charge in [0.25, 0.3) is 5.56 Å². The highest BCUT2D eigenvalue weighted by Crippen LogP contribution is 2.33. The van der Waals surface area contributed by atoms with E-state index < -0.39 is 23.6 Å². The smallest absolute Gasteiger partial charge is 0.368 e. The molecule has 1 atom stereocenters. The molecule has 1 aromatic carbocycles. The van der Waals surface area contributed by atoms with Gasteiger partial charge in [0.1, 0.15) is 12.4 Å². The number of carbonyl (C=O) groups excluding carboxylic acids is 1. The molecule has 0 radical (unpaired) electrons. The van der Waals surface area contributed by atoms with Crippen LogP contribution in [-0.4, -0.2) is 39.6 Å². The highest BCUT2D eigenvalue weighted by atomic mass is 19.4. The van der Waals surface area contributed by atoms with E-state index in [2.05, 4.69) is 4.98 Å². The predicted molar refractivity (Wildman–Crippen MR) is 89.3 cm³/mol. The van der Waals surface area contributed by atoms with Crippen LogP contribution in [0.4, 0.5) is 13.2 Å². The van der Waals surface area contributed by atoms with Gasteiger partial charge in [0.15, 0.2) is 0 Å². The molecule has 0 saturated carbocycles. The number of alkyl halides is 3. The van der Waals surface area contributed by atoms with Crippen molar-refractivity contribution >= 4 is 16.8 Å². The number of para-hydroxylation sites is 1. The van der Waals surface area contributed by atoms with Crippen molar-refractivity contribution in [1.82, 2.24) is 14.5 Å². The summed E-state index contributed by atoms with van der Waals surface area (Å²) in [6.07, 6.45) is -3.74. The fourth-order valence-corrected chi connectivity index (χ4v) is 3.32. The number of hydrogen-bond donors (Lipinski definition) is 1. The molecular weight excluding hydrogens is 349 g/mol. The van der Waals surface area contributed by atoms with Crippen LogP contribution >= 0.6 is 0 Å². The summed E-state index contributed by atoms with van der Waals surface area (Å²) in [5, 5.41) is 0.337. The van der Waals surface area contributed by atoms with Gasteiger partial charge >= 0.3 is 6.18 Å². The molecule has 1 saturated heterocycles. The number of hydrogen-bond acceptors (Lipinski definition) is 4. The van der Waals surface area contributed by atoms with Crippen molar-refractivity contribution in [3.8, 4) is 0 Å². The molecule has 1 amide bonds. The Labute approximate surface area is 147 Å². The zero-order valence-electron chi connectivity index (χ0n) is 14.0. The van der Waals surface area contributed by atoms with Gasteiger partial charge in [-0.2, -0.15) is 13.2 Å². The van der Waals surface area contributed by atoms with Crippen molar-refractivity contribution in [2.45, 2.75) is 32.1 Å². The van der Waals surface area contributed by atoms with Crippen molar-refractivity contribution in [1.29, 1.82) is 0 Å². The Kier molecular flexibility index (Phi) is 4.99. The number of fused-ring (bicyclic) bond motifs is 1. The predicted octanol–water partition coefficient (Wildman–Crippen LogP) is 1.66. The normalized spacial score (nSPS) is 19.0. The minimum absolute atomic E-state index is 0.0555. The molecule has 1 aliphatic rings. The van der Waals surface area contributed by atoms with Crippen LogP contribution in [0.2, 0.25) is 0 Å². The van der Waals surface area contributed by atoms with Gasteiger partial charge < -0.3 is 5.73 Å². The summed E-state index contributed by atoms with van der Waals surface area (Å²) in [6, 6.07) is 6.64. The fraction of sp³-hybridized carbons (Fsp3) is 0.471. The molecule has 2 heterocycles. The Morgan fingerprint density at radius 1 is 1.31 bits per heavy atom. The summed E-state index contributed by atoms with van der Waals surface area (Å²) in [5.41, 5.74) is 5.25. The lowest BCUT2D eigenvalue weighted by Gasteiger charge is -2.33. The van der Waals surface area contributed by atoms with Crippen LogP contribution in [0.3, 0.4) is 0 Å². The molecule has 6 nitrogen and oxygen atoms in total. The van der Waals surface area contributed by atoms with Gasteiger partial charge in [0.2, 0.25) is 5.91 Å². The number of amides is 1. The van der Waals surface area contributed by atoms with Gasteiger partial charge in [0, 0.05) is 6.54 Å². The Morgan fingerprint density at radius 3 is 2.73 bits per heavy atom. The van der Waals surface area contributed by atoms with Gasteiger partial charge in [-0.3, -0.25) is 19.1 Å². The zero-order valence-corrected chi connectivity index (χ0v) is 14.0. The number of nitrogens with two attached hydrogens (primary N) is 1. The molecule has 9 heteroatoms. The topological polar surface area (TPSA) is 81.2 Å². The van der Waals surface area contributed by atoms with Crippen LogP contribution in [0.15, 0.2) is 29.1 Å². The molecule has 3 rings (SSSR count). The monoisotopic (exact) mass is 368 g/mol. The van der Waals surface area contributed by atoms with Gasteiger partial charge in [0.05, 0.1) is 23.4 Å². The second-order valence-electron chi connectivity index (χ2n) is 6.52. The molecule has 0 spiro atoms. The Hall–Kier alpha value is -2.42. The molecule has 1 aliphatic heterocycles. The molecule has 0 bridgehead atoms. The first-order chi connectivity index (χ1) is 12.3. The zero-order chi connectivity index (χ0) is 18.9. The second-order valence-corrected chi connectivity index (χ2v) is 6.52. The number of rotatable bonds is 4. The largest absolute Gasteiger partial charge is 0.393 e. The number of halogens is 3. The highest BCUT2D eigenvalue weighted by molar-refractivity contribution is 5.78. The van der Waals surface area contributed by atoms with Crippen LogP contribution in [0.25, 0.3) is 10.9 Å². The molecule has 0 unspecified atom stereocenters. The van der Waals surface area contributed by atoms with Crippen LogP contribution in [0, 0.1) is 5.92 Å². The summed E-state index contributed by atoms with van der Waals surface area (Å²) in [5.74, 6) is -1.86. The van der Waals surface area contributed by atoms with Crippen molar-refractivity contribution in [3.05, 3.63) is 40.4 Å².